The van der Waals surface area contributed by atoms with Crippen LogP contribution in [0.2, 0.25) is 0 Å². The van der Waals surface area contributed by atoms with Crippen LogP contribution in [0.3, 0.4) is 0 Å². The van der Waals surface area contributed by atoms with Gasteiger partial charge in [-0.15, -0.1) is 0 Å². The van der Waals surface area contributed by atoms with Gasteiger partial charge in [-0.2, -0.15) is 4.89 Å². The molecule has 2 atom stereocenters. The molecular weight excluding hydrogens is 420 g/mol. The van der Waals surface area contributed by atoms with E-state index in [1.807, 2.05) is 38.1 Å². The zero-order valence-corrected chi connectivity index (χ0v) is 20.0. The second-order valence-electron chi connectivity index (χ2n) is 10.7. The van der Waals surface area contributed by atoms with Crippen LogP contribution in [0.15, 0.2) is 30.8 Å². The van der Waals surface area contributed by atoms with Gasteiger partial charge in [0.05, 0.1) is 6.61 Å². The van der Waals surface area contributed by atoms with Crippen molar-refractivity contribution in [3.63, 3.8) is 0 Å². The SMILES string of the molecule is C=C(c1ccc(OC(C)(CC)COC(C)=O)cc1)C1COC2(OO1)C1CC3CC(C1)CC2C3. The van der Waals surface area contributed by atoms with E-state index in [2.05, 4.69) is 6.58 Å². The summed E-state index contributed by atoms with van der Waals surface area (Å²) < 4.78 is 17.8. The van der Waals surface area contributed by atoms with E-state index >= 15 is 0 Å². The summed E-state index contributed by atoms with van der Waals surface area (Å²) in [5.41, 5.74) is 1.21. The van der Waals surface area contributed by atoms with Crippen LogP contribution < -0.4 is 4.74 Å². The van der Waals surface area contributed by atoms with Crippen LogP contribution >= 0.6 is 0 Å². The lowest BCUT2D eigenvalue weighted by molar-refractivity contribution is -0.517. The molecule has 0 radical (unpaired) electrons. The maximum atomic E-state index is 11.2. The number of carbonyl (C=O) groups excluding carboxylic acids is 1. The summed E-state index contributed by atoms with van der Waals surface area (Å²) >= 11 is 0. The second kappa shape index (κ2) is 8.71. The number of esters is 1. The van der Waals surface area contributed by atoms with Crippen molar-refractivity contribution in [2.24, 2.45) is 23.7 Å². The zero-order chi connectivity index (χ0) is 23.2. The van der Waals surface area contributed by atoms with E-state index in [1.54, 1.807) is 0 Å². The highest BCUT2D eigenvalue weighted by molar-refractivity contribution is 5.67. The summed E-state index contributed by atoms with van der Waals surface area (Å²) in [5.74, 6) is 2.47. The molecule has 1 aliphatic heterocycles. The van der Waals surface area contributed by atoms with E-state index in [0.717, 1.165) is 23.0 Å². The summed E-state index contributed by atoms with van der Waals surface area (Å²) in [7, 11) is 0. The van der Waals surface area contributed by atoms with Crippen molar-refractivity contribution in [1.29, 1.82) is 0 Å². The Kier molecular flexibility index (Phi) is 6.04. The molecular formula is C27H36O6. The van der Waals surface area contributed by atoms with Crippen LogP contribution in [0.25, 0.3) is 5.57 Å². The summed E-state index contributed by atoms with van der Waals surface area (Å²) in [6, 6.07) is 7.75. The lowest BCUT2D eigenvalue weighted by Gasteiger charge is -2.60. The highest BCUT2D eigenvalue weighted by atomic mass is 17.2. The molecule has 1 spiro atoms. The van der Waals surface area contributed by atoms with Crippen molar-refractivity contribution in [2.75, 3.05) is 13.2 Å². The minimum absolute atomic E-state index is 0.211. The van der Waals surface area contributed by atoms with Crippen LogP contribution in [0, 0.1) is 23.7 Å². The predicted molar refractivity (Wildman–Crippen MR) is 123 cm³/mol. The van der Waals surface area contributed by atoms with Gasteiger partial charge in [-0.25, -0.2) is 4.89 Å². The molecule has 5 fully saturated rings. The molecule has 6 nitrogen and oxygen atoms in total. The first-order chi connectivity index (χ1) is 15.8. The highest BCUT2D eigenvalue weighted by Gasteiger charge is 2.61. The highest BCUT2D eigenvalue weighted by Crippen LogP contribution is 2.60. The number of hydrogen-bond donors (Lipinski definition) is 0. The Hall–Kier alpha value is -1.89. The quantitative estimate of drug-likeness (QED) is 0.409. The molecule has 0 amide bonds. The third kappa shape index (κ3) is 4.33. The fraction of sp³-hybridized carbons (Fsp3) is 0.667. The molecule has 4 aliphatic carbocycles. The molecule has 6 heteroatoms. The van der Waals surface area contributed by atoms with Gasteiger partial charge in [-0.1, -0.05) is 25.6 Å². The van der Waals surface area contributed by atoms with E-state index in [1.165, 1.54) is 39.0 Å². The van der Waals surface area contributed by atoms with Crippen LogP contribution in [0.1, 0.15) is 64.9 Å². The lowest BCUT2D eigenvalue weighted by Crippen LogP contribution is -2.63. The van der Waals surface area contributed by atoms with Crippen LogP contribution in [0.5, 0.6) is 5.75 Å². The first kappa shape index (κ1) is 22.9. The summed E-state index contributed by atoms with van der Waals surface area (Å²) in [6.45, 7) is 10.3. The van der Waals surface area contributed by atoms with Gasteiger partial charge in [0, 0.05) is 18.8 Å². The Bertz CT molecular complexity index is 854. The standard InChI is InChI=1S/C27H36O6/c1-5-26(4,16-29-18(3)28)31-24-8-6-21(7-9-24)17(2)25-15-30-27(33-32-25)22-11-19-10-20(13-22)14-23(27)12-19/h6-9,19-20,22-23,25H,2,5,10-16H2,1,3-4H3. The normalized spacial score (nSPS) is 36.4. The topological polar surface area (TPSA) is 63.2 Å². The Morgan fingerprint density at radius 3 is 2.27 bits per heavy atom. The Labute approximate surface area is 196 Å². The van der Waals surface area contributed by atoms with E-state index in [9.17, 15) is 4.79 Å². The van der Waals surface area contributed by atoms with Crippen molar-refractivity contribution in [1.82, 2.24) is 0 Å². The summed E-state index contributed by atoms with van der Waals surface area (Å²) in [6.07, 6.45) is 6.60. The van der Waals surface area contributed by atoms with Crippen molar-refractivity contribution in [3.8, 4) is 5.75 Å². The molecule has 4 bridgehead atoms. The summed E-state index contributed by atoms with van der Waals surface area (Å²) in [4.78, 5) is 23.2. The number of ether oxygens (including phenoxy) is 3. The molecule has 4 saturated carbocycles. The van der Waals surface area contributed by atoms with E-state index < -0.39 is 11.4 Å². The molecule has 0 aromatic heterocycles. The number of hydrogen-bond acceptors (Lipinski definition) is 6. The molecule has 0 N–H and O–H groups in total. The Balaban J connectivity index is 1.19. The van der Waals surface area contributed by atoms with Gasteiger partial charge >= 0.3 is 5.97 Å². The third-order valence-corrected chi connectivity index (χ3v) is 8.34. The van der Waals surface area contributed by atoms with E-state index in [-0.39, 0.29) is 18.7 Å². The minimum atomic E-state index is -0.578. The predicted octanol–water partition coefficient (Wildman–Crippen LogP) is 5.31. The van der Waals surface area contributed by atoms with Crippen molar-refractivity contribution >= 4 is 11.5 Å². The molecule has 2 unspecified atom stereocenters. The molecule has 180 valence electrons. The average Bonchev–Trinajstić information content (AvgIpc) is 2.81. The van der Waals surface area contributed by atoms with Gasteiger partial charge in [0.25, 0.3) is 0 Å². The van der Waals surface area contributed by atoms with Crippen LogP contribution in [-0.4, -0.2) is 36.7 Å². The maximum Gasteiger partial charge on any atom is 0.302 e. The first-order valence-corrected chi connectivity index (χ1v) is 12.4. The lowest BCUT2D eigenvalue weighted by atomic mass is 9.53. The smallest absolute Gasteiger partial charge is 0.302 e. The molecule has 6 rings (SSSR count). The van der Waals surface area contributed by atoms with E-state index in [4.69, 9.17) is 24.0 Å². The number of rotatable bonds is 7. The number of benzene rings is 1. The van der Waals surface area contributed by atoms with Gasteiger partial charge in [0.1, 0.15) is 24.1 Å². The van der Waals surface area contributed by atoms with E-state index in [0.29, 0.717) is 30.6 Å². The monoisotopic (exact) mass is 456 g/mol. The van der Waals surface area contributed by atoms with Gasteiger partial charge in [0.2, 0.25) is 5.79 Å². The third-order valence-electron chi connectivity index (χ3n) is 8.34. The summed E-state index contributed by atoms with van der Waals surface area (Å²) in [5, 5.41) is 0. The maximum absolute atomic E-state index is 11.2. The Morgan fingerprint density at radius 2 is 1.76 bits per heavy atom. The first-order valence-electron chi connectivity index (χ1n) is 12.4. The molecule has 33 heavy (non-hydrogen) atoms. The van der Waals surface area contributed by atoms with Gasteiger partial charge in [0.15, 0.2) is 0 Å². The minimum Gasteiger partial charge on any atom is -0.484 e. The van der Waals surface area contributed by atoms with Crippen molar-refractivity contribution < 1.29 is 28.8 Å². The van der Waals surface area contributed by atoms with Crippen LogP contribution in [-0.2, 0) is 24.0 Å². The van der Waals surface area contributed by atoms with Gasteiger partial charge < -0.3 is 14.2 Å². The molecule has 1 aromatic carbocycles. The molecule has 5 aliphatic rings. The average molecular weight is 457 g/mol. The molecule has 1 heterocycles. The Morgan fingerprint density at radius 1 is 1.12 bits per heavy atom. The largest absolute Gasteiger partial charge is 0.484 e. The van der Waals surface area contributed by atoms with Gasteiger partial charge in [-0.05, 0) is 80.6 Å². The van der Waals surface area contributed by atoms with Crippen molar-refractivity contribution in [2.45, 2.75) is 76.8 Å². The number of carbonyl (C=O) groups is 1. The zero-order valence-electron chi connectivity index (χ0n) is 20.0. The van der Waals surface area contributed by atoms with Crippen LogP contribution in [0.4, 0.5) is 0 Å². The fourth-order valence-electron chi connectivity index (χ4n) is 6.43. The van der Waals surface area contributed by atoms with Crippen molar-refractivity contribution in [3.05, 3.63) is 36.4 Å². The molecule has 1 aromatic rings. The second-order valence-corrected chi connectivity index (χ2v) is 10.7. The fourth-order valence-corrected chi connectivity index (χ4v) is 6.43. The molecule has 1 saturated heterocycles. The van der Waals surface area contributed by atoms with Gasteiger partial charge in [-0.3, -0.25) is 4.79 Å².